The van der Waals surface area contributed by atoms with Crippen molar-refractivity contribution in [2.75, 3.05) is 19.5 Å². The summed E-state index contributed by atoms with van der Waals surface area (Å²) < 4.78 is 17.8. The number of methoxy groups -OCH3 is 2. The number of rotatable bonds is 7. The largest absolute Gasteiger partial charge is 0.481 e. The van der Waals surface area contributed by atoms with Crippen molar-refractivity contribution in [3.05, 3.63) is 63.6 Å². The summed E-state index contributed by atoms with van der Waals surface area (Å²) >= 11 is 0. The van der Waals surface area contributed by atoms with Crippen molar-refractivity contribution in [2.45, 2.75) is 45.9 Å². The van der Waals surface area contributed by atoms with Gasteiger partial charge in [0.1, 0.15) is 17.6 Å². The van der Waals surface area contributed by atoms with Gasteiger partial charge in [-0.15, -0.1) is 0 Å². The minimum atomic E-state index is -0.389. The van der Waals surface area contributed by atoms with E-state index in [1.807, 2.05) is 38.1 Å². The first-order chi connectivity index (χ1) is 16.4. The molecule has 0 spiro atoms. The van der Waals surface area contributed by atoms with Crippen molar-refractivity contribution in [3.63, 3.8) is 0 Å². The zero-order chi connectivity index (χ0) is 24.4. The summed E-state index contributed by atoms with van der Waals surface area (Å²) in [5.74, 6) is 0.867. The SMILES string of the molecule is CCn1c(NC2c3ccccc3CC2OC(C)=O)c(C)nc(-c2ccc(OC)nc2OC)c1=O. The molecule has 3 aromatic rings. The van der Waals surface area contributed by atoms with Gasteiger partial charge in [0.2, 0.25) is 11.8 Å². The number of benzene rings is 1. The molecule has 1 aromatic carbocycles. The highest BCUT2D eigenvalue weighted by molar-refractivity contribution is 5.67. The highest BCUT2D eigenvalue weighted by atomic mass is 16.5. The smallest absolute Gasteiger partial charge is 0.302 e. The van der Waals surface area contributed by atoms with Crippen LogP contribution in [0.3, 0.4) is 0 Å². The topological polar surface area (TPSA) is 105 Å². The van der Waals surface area contributed by atoms with Crippen molar-refractivity contribution in [2.24, 2.45) is 0 Å². The monoisotopic (exact) mass is 464 g/mol. The lowest BCUT2D eigenvalue weighted by Gasteiger charge is -2.25. The number of fused-ring (bicyclic) bond motifs is 1. The molecule has 0 aliphatic heterocycles. The molecular formula is C25H28N4O5. The molecule has 1 N–H and O–H groups in total. The number of hydrogen-bond donors (Lipinski definition) is 1. The second-order valence-electron chi connectivity index (χ2n) is 8.03. The average Bonchev–Trinajstić information content (AvgIpc) is 3.17. The lowest BCUT2D eigenvalue weighted by molar-refractivity contribution is -0.146. The standard InChI is InChI=1S/C25H28N4O5/c1-6-29-23(28-21-17-10-8-7-9-16(17)13-19(21)34-15(3)30)14(2)26-22(25(29)31)18-11-12-20(32-4)27-24(18)33-5/h7-12,19,21,28H,6,13H2,1-5H3. The average molecular weight is 465 g/mol. The Bertz CT molecular complexity index is 1290. The Morgan fingerprint density at radius 2 is 1.91 bits per heavy atom. The van der Waals surface area contributed by atoms with E-state index < -0.39 is 0 Å². The number of nitrogens with one attached hydrogen (secondary N) is 1. The van der Waals surface area contributed by atoms with Gasteiger partial charge in [-0.05, 0) is 31.0 Å². The van der Waals surface area contributed by atoms with Gasteiger partial charge in [-0.3, -0.25) is 14.2 Å². The van der Waals surface area contributed by atoms with Crippen molar-refractivity contribution >= 4 is 11.8 Å². The molecule has 2 aromatic heterocycles. The highest BCUT2D eigenvalue weighted by Crippen LogP contribution is 2.37. The number of aryl methyl sites for hydroxylation is 1. The summed E-state index contributed by atoms with van der Waals surface area (Å²) in [6.45, 7) is 5.55. The van der Waals surface area contributed by atoms with Crippen LogP contribution in [0.15, 0.2) is 41.2 Å². The van der Waals surface area contributed by atoms with Crippen LogP contribution < -0.4 is 20.3 Å². The summed E-state index contributed by atoms with van der Waals surface area (Å²) in [6.07, 6.45) is 0.212. The van der Waals surface area contributed by atoms with Gasteiger partial charge < -0.3 is 19.5 Å². The summed E-state index contributed by atoms with van der Waals surface area (Å²) in [5.41, 5.74) is 3.20. The summed E-state index contributed by atoms with van der Waals surface area (Å²) in [4.78, 5) is 34.2. The molecule has 0 saturated carbocycles. The van der Waals surface area contributed by atoms with Crippen LogP contribution in [-0.2, 0) is 22.5 Å². The van der Waals surface area contributed by atoms with E-state index in [9.17, 15) is 9.59 Å². The predicted octanol–water partition coefficient (Wildman–Crippen LogP) is 3.29. The zero-order valence-electron chi connectivity index (χ0n) is 19.9. The Hall–Kier alpha value is -3.88. The number of esters is 1. The van der Waals surface area contributed by atoms with Gasteiger partial charge in [0.15, 0.2) is 0 Å². The maximum atomic E-state index is 13.5. The van der Waals surface area contributed by atoms with Crippen LogP contribution in [0.1, 0.15) is 36.7 Å². The molecule has 1 aliphatic rings. The molecule has 178 valence electrons. The summed E-state index contributed by atoms with van der Waals surface area (Å²) in [5, 5.41) is 3.46. The Kier molecular flexibility index (Phi) is 6.54. The Morgan fingerprint density at radius 1 is 1.15 bits per heavy atom. The molecule has 2 heterocycles. The number of carbonyl (C=O) groups is 1. The molecule has 0 radical (unpaired) electrons. The first kappa shape index (κ1) is 23.3. The van der Waals surface area contributed by atoms with E-state index in [-0.39, 0.29) is 35.2 Å². The number of anilines is 1. The molecule has 34 heavy (non-hydrogen) atoms. The van der Waals surface area contributed by atoms with Gasteiger partial charge in [0.25, 0.3) is 5.56 Å². The maximum Gasteiger partial charge on any atom is 0.302 e. The summed E-state index contributed by atoms with van der Waals surface area (Å²) in [6, 6.07) is 11.0. The van der Waals surface area contributed by atoms with E-state index in [0.29, 0.717) is 35.9 Å². The third-order valence-corrected chi connectivity index (χ3v) is 5.94. The first-order valence-corrected chi connectivity index (χ1v) is 11.1. The lowest BCUT2D eigenvalue weighted by Crippen LogP contribution is -2.32. The Labute approximate surface area is 197 Å². The lowest BCUT2D eigenvalue weighted by atomic mass is 10.1. The number of hydrogen-bond acceptors (Lipinski definition) is 8. The number of nitrogens with zero attached hydrogens (tertiary/aromatic N) is 3. The predicted molar refractivity (Wildman–Crippen MR) is 127 cm³/mol. The number of aromatic nitrogens is 3. The Balaban J connectivity index is 1.79. The molecule has 0 fully saturated rings. The van der Waals surface area contributed by atoms with Crippen molar-refractivity contribution < 1.29 is 19.0 Å². The number of pyridine rings is 1. The quantitative estimate of drug-likeness (QED) is 0.531. The first-order valence-electron chi connectivity index (χ1n) is 11.1. The fraction of sp³-hybridized carbons (Fsp3) is 0.360. The second-order valence-corrected chi connectivity index (χ2v) is 8.03. The van der Waals surface area contributed by atoms with Crippen molar-refractivity contribution in [3.8, 4) is 23.0 Å². The van der Waals surface area contributed by atoms with Gasteiger partial charge in [-0.1, -0.05) is 24.3 Å². The third kappa shape index (κ3) is 4.21. The molecular weight excluding hydrogens is 436 g/mol. The normalized spacial score (nSPS) is 16.6. The molecule has 0 amide bonds. The fourth-order valence-electron chi connectivity index (χ4n) is 4.42. The highest BCUT2D eigenvalue weighted by Gasteiger charge is 2.35. The number of carbonyl (C=O) groups excluding carboxylic acids is 1. The summed E-state index contributed by atoms with van der Waals surface area (Å²) in [7, 11) is 3.00. The molecule has 9 heteroatoms. The van der Waals surface area contributed by atoms with Crippen molar-refractivity contribution in [1.29, 1.82) is 0 Å². The molecule has 2 atom stereocenters. The zero-order valence-corrected chi connectivity index (χ0v) is 19.9. The van der Waals surface area contributed by atoms with Crippen LogP contribution in [0, 0.1) is 6.92 Å². The molecule has 2 unspecified atom stereocenters. The van der Waals surface area contributed by atoms with Crippen LogP contribution in [0.2, 0.25) is 0 Å². The van der Waals surface area contributed by atoms with Crippen LogP contribution in [0.25, 0.3) is 11.3 Å². The Morgan fingerprint density at radius 3 is 2.59 bits per heavy atom. The van der Waals surface area contributed by atoms with Gasteiger partial charge in [-0.2, -0.15) is 4.98 Å². The van der Waals surface area contributed by atoms with E-state index in [2.05, 4.69) is 15.3 Å². The van der Waals surface area contributed by atoms with Crippen LogP contribution >= 0.6 is 0 Å². The molecule has 1 aliphatic carbocycles. The second kappa shape index (κ2) is 9.54. The number of ether oxygens (including phenoxy) is 3. The van der Waals surface area contributed by atoms with Crippen LogP contribution in [0.4, 0.5) is 5.82 Å². The molecule has 4 rings (SSSR count). The van der Waals surface area contributed by atoms with Gasteiger partial charge in [-0.25, -0.2) is 4.98 Å². The van der Waals surface area contributed by atoms with E-state index in [4.69, 9.17) is 14.2 Å². The van der Waals surface area contributed by atoms with Gasteiger partial charge in [0, 0.05) is 26.0 Å². The van der Waals surface area contributed by atoms with E-state index >= 15 is 0 Å². The van der Waals surface area contributed by atoms with Crippen LogP contribution in [0.5, 0.6) is 11.8 Å². The van der Waals surface area contributed by atoms with E-state index in [0.717, 1.165) is 11.1 Å². The van der Waals surface area contributed by atoms with Gasteiger partial charge >= 0.3 is 5.97 Å². The minimum Gasteiger partial charge on any atom is -0.481 e. The third-order valence-electron chi connectivity index (χ3n) is 5.94. The molecule has 9 nitrogen and oxygen atoms in total. The van der Waals surface area contributed by atoms with Crippen LogP contribution in [-0.4, -0.2) is 40.8 Å². The van der Waals surface area contributed by atoms with E-state index in [1.54, 1.807) is 16.7 Å². The van der Waals surface area contributed by atoms with Crippen molar-refractivity contribution in [1.82, 2.24) is 14.5 Å². The maximum absolute atomic E-state index is 13.5. The minimum absolute atomic E-state index is 0.236. The van der Waals surface area contributed by atoms with Gasteiger partial charge in [0.05, 0.1) is 31.5 Å². The fourth-order valence-corrected chi connectivity index (χ4v) is 4.42. The molecule has 0 bridgehead atoms. The van der Waals surface area contributed by atoms with E-state index in [1.165, 1.54) is 21.1 Å². The molecule has 0 saturated heterocycles.